The van der Waals surface area contributed by atoms with E-state index >= 15 is 0 Å². The largest absolute Gasteiger partial charge is 0.478 e. The van der Waals surface area contributed by atoms with Crippen molar-refractivity contribution in [2.45, 2.75) is 12.5 Å². The summed E-state index contributed by atoms with van der Waals surface area (Å²) >= 11 is 5.49. The molecule has 4 nitrogen and oxygen atoms in total. The molecule has 0 atom stereocenters. The van der Waals surface area contributed by atoms with Crippen LogP contribution in [0.3, 0.4) is 0 Å². The van der Waals surface area contributed by atoms with E-state index in [1.165, 1.54) is 0 Å². The molecule has 7 heteroatoms. The summed E-state index contributed by atoms with van der Waals surface area (Å²) in [5.41, 5.74) is -0.500. The van der Waals surface area contributed by atoms with Crippen molar-refractivity contribution in [3.05, 3.63) is 28.8 Å². The number of carboxylic acids is 1. The highest BCUT2D eigenvalue weighted by molar-refractivity contribution is 6.18. The van der Waals surface area contributed by atoms with Crippen LogP contribution in [0.15, 0.2) is 12.1 Å². The fourth-order valence-corrected chi connectivity index (χ4v) is 1.52. The highest BCUT2D eigenvalue weighted by atomic mass is 35.5. The monoisotopic (exact) mass is 261 g/mol. The van der Waals surface area contributed by atoms with E-state index in [1.54, 1.807) is 6.07 Å². The molecule has 0 amide bonds. The summed E-state index contributed by atoms with van der Waals surface area (Å²) < 4.78 is 28.4. The zero-order valence-corrected chi connectivity index (χ0v) is 9.04. The number of halogens is 3. The van der Waals surface area contributed by atoms with E-state index in [0.29, 0.717) is 0 Å². The van der Waals surface area contributed by atoms with Gasteiger partial charge in [0.2, 0.25) is 0 Å². The Bertz CT molecular complexity index is 485. The van der Waals surface area contributed by atoms with Crippen molar-refractivity contribution >= 4 is 17.6 Å². The van der Waals surface area contributed by atoms with Gasteiger partial charge in [0.15, 0.2) is 0 Å². The fraction of sp³-hybridized carbons (Fsp3) is 0.200. The van der Waals surface area contributed by atoms with Crippen LogP contribution in [0.5, 0.6) is 5.75 Å². The number of alkyl halides is 3. The average molecular weight is 262 g/mol. The predicted octanol–water partition coefficient (Wildman–Crippen LogP) is 2.60. The Hall–Kier alpha value is -1.87. The van der Waals surface area contributed by atoms with Crippen molar-refractivity contribution < 1.29 is 23.4 Å². The number of nitrogens with zero attached hydrogens (tertiary/aromatic N) is 1. The summed E-state index contributed by atoms with van der Waals surface area (Å²) in [6, 6.07) is 3.73. The zero-order valence-electron chi connectivity index (χ0n) is 8.28. The lowest BCUT2D eigenvalue weighted by Crippen LogP contribution is -2.09. The number of ether oxygens (including phenoxy) is 1. The van der Waals surface area contributed by atoms with Crippen LogP contribution >= 0.6 is 11.6 Å². The number of hydrogen-bond acceptors (Lipinski definition) is 3. The number of carboxylic acid groups (broad SMARTS) is 1. The normalized spacial score (nSPS) is 10.1. The molecule has 0 bridgehead atoms. The lowest BCUT2D eigenvalue weighted by molar-refractivity contribution is -0.0504. The van der Waals surface area contributed by atoms with Gasteiger partial charge in [-0.1, -0.05) is 0 Å². The topological polar surface area (TPSA) is 70.3 Å². The van der Waals surface area contributed by atoms with Crippen molar-refractivity contribution in [3.8, 4) is 11.8 Å². The predicted molar refractivity (Wildman–Crippen MR) is 54.3 cm³/mol. The molecule has 1 N–H and O–H groups in total. The van der Waals surface area contributed by atoms with Crippen LogP contribution in [0.2, 0.25) is 0 Å². The minimum absolute atomic E-state index is 0.0848. The summed E-state index contributed by atoms with van der Waals surface area (Å²) in [6.07, 6.45) is 0. The van der Waals surface area contributed by atoms with Crippen LogP contribution in [-0.2, 0) is 5.88 Å². The number of nitriles is 1. The first-order chi connectivity index (χ1) is 7.99. The molecule has 0 unspecified atom stereocenters. The van der Waals surface area contributed by atoms with E-state index < -0.39 is 18.3 Å². The second-order valence-electron chi connectivity index (χ2n) is 2.93. The molecular formula is C10H6ClF2NO3. The van der Waals surface area contributed by atoms with Gasteiger partial charge >= 0.3 is 12.6 Å². The molecule has 17 heavy (non-hydrogen) atoms. The van der Waals surface area contributed by atoms with Gasteiger partial charge in [-0.15, -0.1) is 11.6 Å². The number of rotatable bonds is 4. The summed E-state index contributed by atoms with van der Waals surface area (Å²) in [4.78, 5) is 10.9. The molecule has 1 aromatic rings. The average Bonchev–Trinajstić information content (AvgIpc) is 2.26. The highest BCUT2D eigenvalue weighted by Gasteiger charge is 2.18. The first-order valence-corrected chi connectivity index (χ1v) is 4.84. The maximum atomic E-state index is 12.1. The van der Waals surface area contributed by atoms with Crippen LogP contribution in [0.25, 0.3) is 0 Å². The van der Waals surface area contributed by atoms with E-state index in [4.69, 9.17) is 22.0 Å². The second-order valence-corrected chi connectivity index (χ2v) is 3.20. The van der Waals surface area contributed by atoms with Gasteiger partial charge in [0, 0.05) is 5.56 Å². The van der Waals surface area contributed by atoms with Gasteiger partial charge < -0.3 is 9.84 Å². The van der Waals surface area contributed by atoms with E-state index in [2.05, 4.69) is 4.74 Å². The summed E-state index contributed by atoms with van der Waals surface area (Å²) in [6.45, 7) is -3.12. The summed E-state index contributed by atoms with van der Waals surface area (Å²) in [5.74, 6) is -2.07. The summed E-state index contributed by atoms with van der Waals surface area (Å²) in [5, 5.41) is 17.5. The van der Waals surface area contributed by atoms with E-state index in [1.807, 2.05) is 0 Å². The smallest absolute Gasteiger partial charge is 0.387 e. The van der Waals surface area contributed by atoms with E-state index in [0.717, 1.165) is 12.1 Å². The first kappa shape index (κ1) is 13.2. The van der Waals surface area contributed by atoms with Crippen molar-refractivity contribution in [2.75, 3.05) is 0 Å². The number of hydrogen-bond donors (Lipinski definition) is 1. The number of carbonyl (C=O) groups is 1. The molecule has 1 rings (SSSR count). The Kier molecular flexibility index (Phi) is 4.24. The van der Waals surface area contributed by atoms with Crippen LogP contribution < -0.4 is 4.74 Å². The molecule has 0 saturated carbocycles. The Labute approximate surface area is 100.0 Å². The third kappa shape index (κ3) is 3.04. The number of benzene rings is 1. The molecule has 90 valence electrons. The highest BCUT2D eigenvalue weighted by Crippen LogP contribution is 2.28. The van der Waals surface area contributed by atoms with Gasteiger partial charge in [-0.3, -0.25) is 0 Å². The van der Waals surface area contributed by atoms with Gasteiger partial charge in [-0.2, -0.15) is 14.0 Å². The van der Waals surface area contributed by atoms with Crippen molar-refractivity contribution in [1.29, 1.82) is 5.26 Å². The van der Waals surface area contributed by atoms with Crippen LogP contribution in [0, 0.1) is 11.3 Å². The molecule has 0 aliphatic carbocycles. The lowest BCUT2D eigenvalue weighted by atomic mass is 10.0. The molecule has 0 saturated heterocycles. The molecule has 0 heterocycles. The van der Waals surface area contributed by atoms with Crippen molar-refractivity contribution in [2.24, 2.45) is 0 Å². The Balaban J connectivity index is 3.40. The van der Waals surface area contributed by atoms with Gasteiger partial charge in [-0.25, -0.2) is 4.79 Å². The van der Waals surface area contributed by atoms with Gasteiger partial charge in [0.1, 0.15) is 5.75 Å². The van der Waals surface area contributed by atoms with Crippen LogP contribution in [0.4, 0.5) is 8.78 Å². The molecule has 1 aromatic carbocycles. The van der Waals surface area contributed by atoms with Gasteiger partial charge in [-0.05, 0) is 12.1 Å². The molecule has 0 radical (unpaired) electrons. The second kappa shape index (κ2) is 5.46. The third-order valence-electron chi connectivity index (χ3n) is 1.92. The minimum atomic E-state index is -3.12. The van der Waals surface area contributed by atoms with E-state index in [-0.39, 0.29) is 22.6 Å². The van der Waals surface area contributed by atoms with Crippen LogP contribution in [0.1, 0.15) is 21.5 Å². The molecule has 0 aromatic heterocycles. The Morgan fingerprint density at radius 3 is 2.65 bits per heavy atom. The maximum Gasteiger partial charge on any atom is 0.387 e. The van der Waals surface area contributed by atoms with Crippen molar-refractivity contribution in [1.82, 2.24) is 0 Å². The molecule has 0 aliphatic heterocycles. The number of aromatic carboxylic acids is 1. The molecule has 0 spiro atoms. The van der Waals surface area contributed by atoms with Gasteiger partial charge in [0.25, 0.3) is 0 Å². The molecule has 0 aliphatic rings. The first-order valence-electron chi connectivity index (χ1n) is 4.30. The van der Waals surface area contributed by atoms with Gasteiger partial charge in [0.05, 0.1) is 23.1 Å². The minimum Gasteiger partial charge on any atom is -0.478 e. The lowest BCUT2D eigenvalue weighted by Gasteiger charge is -2.11. The fourth-order valence-electron chi connectivity index (χ4n) is 1.24. The maximum absolute atomic E-state index is 12.1. The SMILES string of the molecule is N#Cc1cc(OC(F)F)c(CCl)c(C(=O)O)c1. The van der Waals surface area contributed by atoms with E-state index in [9.17, 15) is 13.6 Å². The van der Waals surface area contributed by atoms with Crippen LogP contribution in [-0.4, -0.2) is 17.7 Å². The quantitative estimate of drug-likeness (QED) is 0.846. The standard InChI is InChI=1S/C10H6ClF2NO3/c11-3-7-6(9(15)16)1-5(4-14)2-8(7)17-10(12)13/h1-2,10H,3H2,(H,15,16). The third-order valence-corrected chi connectivity index (χ3v) is 2.19. The summed E-state index contributed by atoms with van der Waals surface area (Å²) in [7, 11) is 0. The Morgan fingerprint density at radius 2 is 2.24 bits per heavy atom. The zero-order chi connectivity index (χ0) is 13.0. The molecular weight excluding hydrogens is 256 g/mol. The molecule has 0 fully saturated rings. The Morgan fingerprint density at radius 1 is 1.59 bits per heavy atom. The van der Waals surface area contributed by atoms with Crippen molar-refractivity contribution in [3.63, 3.8) is 0 Å².